The van der Waals surface area contributed by atoms with E-state index < -0.39 is 0 Å². The van der Waals surface area contributed by atoms with Gasteiger partial charge in [0.1, 0.15) is 17.3 Å². The molecule has 5 heteroatoms. The SMILES string of the molecule is CCC(C)c1c(-c2ccccc2)c(C)nn1-c1cccc(Oc2ccc3c4ccccc4n(-c4cc(C)ccn4)c3c2)c1. The fourth-order valence-electron chi connectivity index (χ4n) is 6.07. The summed E-state index contributed by atoms with van der Waals surface area (Å²) >= 11 is 0. The quantitative estimate of drug-likeness (QED) is 0.194. The topological polar surface area (TPSA) is 44.9 Å². The Morgan fingerprint density at radius 1 is 0.744 bits per heavy atom. The summed E-state index contributed by atoms with van der Waals surface area (Å²) in [7, 11) is 0. The lowest BCUT2D eigenvalue weighted by Gasteiger charge is -2.16. The van der Waals surface area contributed by atoms with E-state index >= 15 is 0 Å². The second-order valence-electron chi connectivity index (χ2n) is 11.3. The summed E-state index contributed by atoms with van der Waals surface area (Å²) in [5.74, 6) is 2.76. The largest absolute Gasteiger partial charge is 0.457 e. The standard InChI is InChI=1S/C38H34N4O/c1-5-26(3)38-37(28-12-7-6-8-13-28)27(4)40-42(38)29-14-11-15-30(23-29)43-31-18-19-33-32-16-9-10-17-34(32)41(35(33)24-31)36-22-25(2)20-21-39-36/h6-24,26H,5H2,1-4H3. The minimum absolute atomic E-state index is 0.334. The molecular weight excluding hydrogens is 528 g/mol. The van der Waals surface area contributed by atoms with Crippen LogP contribution >= 0.6 is 0 Å². The van der Waals surface area contributed by atoms with Crippen LogP contribution in [0.3, 0.4) is 0 Å². The Bertz CT molecular complexity index is 2090. The van der Waals surface area contributed by atoms with Crippen molar-refractivity contribution in [1.29, 1.82) is 0 Å². The van der Waals surface area contributed by atoms with Crippen molar-refractivity contribution in [3.8, 4) is 34.1 Å². The van der Waals surface area contributed by atoms with Crippen LogP contribution in [0.15, 0.2) is 115 Å². The van der Waals surface area contributed by atoms with Gasteiger partial charge in [-0.2, -0.15) is 5.10 Å². The number of nitrogens with zero attached hydrogens (tertiary/aromatic N) is 4. The summed E-state index contributed by atoms with van der Waals surface area (Å²) in [6.45, 7) is 8.70. The van der Waals surface area contributed by atoms with Gasteiger partial charge in [-0.15, -0.1) is 0 Å². The van der Waals surface area contributed by atoms with Crippen molar-refractivity contribution in [2.45, 2.75) is 40.0 Å². The molecule has 0 bridgehead atoms. The molecule has 0 spiro atoms. The van der Waals surface area contributed by atoms with Crippen LogP contribution < -0.4 is 4.74 Å². The lowest BCUT2D eigenvalue weighted by Crippen LogP contribution is -2.06. The van der Waals surface area contributed by atoms with Crippen LogP contribution in [0, 0.1) is 13.8 Å². The van der Waals surface area contributed by atoms with Gasteiger partial charge in [-0.3, -0.25) is 4.57 Å². The van der Waals surface area contributed by atoms with Crippen molar-refractivity contribution >= 4 is 21.8 Å². The maximum Gasteiger partial charge on any atom is 0.137 e. The highest BCUT2D eigenvalue weighted by Gasteiger charge is 2.22. The van der Waals surface area contributed by atoms with Gasteiger partial charge in [0, 0.05) is 34.7 Å². The molecular formula is C38H34N4O. The second kappa shape index (κ2) is 10.9. The minimum Gasteiger partial charge on any atom is -0.457 e. The van der Waals surface area contributed by atoms with Gasteiger partial charge in [0.25, 0.3) is 0 Å². The maximum absolute atomic E-state index is 6.53. The van der Waals surface area contributed by atoms with Gasteiger partial charge in [0.2, 0.25) is 0 Å². The van der Waals surface area contributed by atoms with E-state index in [2.05, 4.69) is 122 Å². The second-order valence-corrected chi connectivity index (χ2v) is 11.3. The molecule has 7 rings (SSSR count). The van der Waals surface area contributed by atoms with E-state index in [4.69, 9.17) is 14.8 Å². The van der Waals surface area contributed by atoms with Crippen LogP contribution in [0.5, 0.6) is 11.5 Å². The average Bonchev–Trinajstić information content (AvgIpc) is 3.55. The molecule has 0 aliphatic heterocycles. The van der Waals surface area contributed by atoms with Gasteiger partial charge >= 0.3 is 0 Å². The van der Waals surface area contributed by atoms with Crippen LogP contribution in [0.1, 0.15) is 43.1 Å². The smallest absolute Gasteiger partial charge is 0.137 e. The lowest BCUT2D eigenvalue weighted by atomic mass is 9.94. The Labute approximate surface area is 252 Å². The highest BCUT2D eigenvalue weighted by molar-refractivity contribution is 6.09. The van der Waals surface area contributed by atoms with Gasteiger partial charge in [-0.25, -0.2) is 9.67 Å². The number of fused-ring (bicyclic) bond motifs is 3. The third-order valence-electron chi connectivity index (χ3n) is 8.31. The van der Waals surface area contributed by atoms with Crippen molar-refractivity contribution in [1.82, 2.24) is 19.3 Å². The number of rotatable bonds is 7. The van der Waals surface area contributed by atoms with Gasteiger partial charge in [-0.05, 0) is 79.8 Å². The summed E-state index contributed by atoms with van der Waals surface area (Å²) in [6.07, 6.45) is 2.88. The average molecular weight is 563 g/mol. The van der Waals surface area contributed by atoms with E-state index in [-0.39, 0.29) is 0 Å². The number of pyridine rings is 1. The third kappa shape index (κ3) is 4.77. The molecule has 0 aliphatic carbocycles. The van der Waals surface area contributed by atoms with Crippen LogP contribution in [-0.2, 0) is 0 Å². The van der Waals surface area contributed by atoms with Gasteiger partial charge in [-0.1, -0.05) is 68.4 Å². The Balaban J connectivity index is 1.31. The number of hydrogen-bond donors (Lipinski definition) is 0. The molecule has 0 amide bonds. The summed E-state index contributed by atoms with van der Waals surface area (Å²) in [6, 6.07) is 37.7. The third-order valence-corrected chi connectivity index (χ3v) is 8.31. The fourth-order valence-corrected chi connectivity index (χ4v) is 6.07. The molecule has 0 saturated carbocycles. The highest BCUT2D eigenvalue weighted by Crippen LogP contribution is 2.37. The summed E-state index contributed by atoms with van der Waals surface area (Å²) in [4.78, 5) is 4.71. The Hall–Kier alpha value is -5.16. The predicted molar refractivity (Wildman–Crippen MR) is 176 cm³/mol. The number of aryl methyl sites for hydroxylation is 2. The zero-order valence-corrected chi connectivity index (χ0v) is 25.0. The zero-order chi connectivity index (χ0) is 29.5. The molecule has 0 fully saturated rings. The van der Waals surface area contributed by atoms with Crippen LogP contribution in [0.4, 0.5) is 0 Å². The summed E-state index contributed by atoms with van der Waals surface area (Å²) in [5.41, 5.74) is 8.98. The van der Waals surface area contributed by atoms with Crippen molar-refractivity contribution in [2.75, 3.05) is 0 Å². The summed E-state index contributed by atoms with van der Waals surface area (Å²) in [5, 5.41) is 7.40. The molecule has 0 aliphatic rings. The predicted octanol–water partition coefficient (Wildman–Crippen LogP) is 9.95. The van der Waals surface area contributed by atoms with Crippen molar-refractivity contribution in [2.24, 2.45) is 0 Å². The van der Waals surface area contributed by atoms with E-state index in [0.717, 1.165) is 46.2 Å². The minimum atomic E-state index is 0.334. The van der Waals surface area contributed by atoms with Crippen molar-refractivity contribution < 1.29 is 4.74 Å². The fraction of sp³-hybridized carbons (Fsp3) is 0.158. The molecule has 1 unspecified atom stereocenters. The molecule has 212 valence electrons. The van der Waals surface area contributed by atoms with E-state index in [1.54, 1.807) is 0 Å². The monoisotopic (exact) mass is 562 g/mol. The van der Waals surface area contributed by atoms with Crippen molar-refractivity contribution in [3.63, 3.8) is 0 Å². The Morgan fingerprint density at radius 2 is 1.51 bits per heavy atom. The highest BCUT2D eigenvalue weighted by atomic mass is 16.5. The molecule has 0 N–H and O–H groups in total. The Kier molecular flexibility index (Phi) is 6.78. The molecule has 3 aromatic heterocycles. The molecule has 43 heavy (non-hydrogen) atoms. The normalized spacial score (nSPS) is 12.2. The van der Waals surface area contributed by atoms with Crippen molar-refractivity contribution in [3.05, 3.63) is 132 Å². The van der Waals surface area contributed by atoms with Crippen LogP contribution in [-0.4, -0.2) is 19.3 Å². The molecule has 0 saturated heterocycles. The van der Waals surface area contributed by atoms with Gasteiger partial charge in [0.05, 0.1) is 28.1 Å². The number of ether oxygens (including phenoxy) is 1. The first-order valence-electron chi connectivity index (χ1n) is 14.9. The number of hydrogen-bond acceptors (Lipinski definition) is 3. The first kappa shape index (κ1) is 26.7. The molecule has 7 aromatic rings. The molecule has 1 atom stereocenters. The van der Waals surface area contributed by atoms with Gasteiger partial charge < -0.3 is 4.74 Å². The van der Waals surface area contributed by atoms with E-state index in [1.165, 1.54) is 33.2 Å². The molecule has 5 nitrogen and oxygen atoms in total. The first-order chi connectivity index (χ1) is 21.0. The van der Waals surface area contributed by atoms with E-state index in [1.807, 2.05) is 30.5 Å². The lowest BCUT2D eigenvalue weighted by molar-refractivity contribution is 0.482. The Morgan fingerprint density at radius 3 is 2.33 bits per heavy atom. The summed E-state index contributed by atoms with van der Waals surface area (Å²) < 4.78 is 10.9. The maximum atomic E-state index is 6.53. The van der Waals surface area contributed by atoms with Crippen LogP contribution in [0.2, 0.25) is 0 Å². The molecule has 3 heterocycles. The van der Waals surface area contributed by atoms with E-state index in [0.29, 0.717) is 5.92 Å². The molecule has 4 aromatic carbocycles. The van der Waals surface area contributed by atoms with Gasteiger partial charge in [0.15, 0.2) is 0 Å². The number of para-hydroxylation sites is 1. The van der Waals surface area contributed by atoms with Crippen LogP contribution in [0.25, 0.3) is 44.4 Å². The number of aromatic nitrogens is 4. The van der Waals surface area contributed by atoms with E-state index in [9.17, 15) is 0 Å². The zero-order valence-electron chi connectivity index (χ0n) is 25.0. The first-order valence-corrected chi connectivity index (χ1v) is 14.9. The number of benzene rings is 4. The molecule has 0 radical (unpaired) electrons.